The molecule has 1 aromatic heterocycles. The molecule has 0 unspecified atom stereocenters. The van der Waals surface area contributed by atoms with Crippen LogP contribution in [-0.2, 0) is 4.79 Å². The lowest BCUT2D eigenvalue weighted by Gasteiger charge is -2.05. The van der Waals surface area contributed by atoms with Crippen molar-refractivity contribution in [2.45, 2.75) is 6.92 Å². The number of hydrazone groups is 1. The number of nitrogens with zero attached hydrogens (tertiary/aromatic N) is 3. The molecule has 2 heterocycles. The van der Waals surface area contributed by atoms with Gasteiger partial charge in [0, 0.05) is 5.69 Å². The second kappa shape index (κ2) is 4.71. The minimum Gasteiger partial charge on any atom is -0.272 e. The van der Waals surface area contributed by atoms with Crippen LogP contribution in [-0.4, -0.2) is 32.2 Å². The fourth-order valence-corrected chi connectivity index (χ4v) is 2.18. The van der Waals surface area contributed by atoms with E-state index >= 15 is 0 Å². The Morgan fingerprint density at radius 2 is 2.44 bits per heavy atom. The molecule has 16 heavy (non-hydrogen) atoms. The van der Waals surface area contributed by atoms with Gasteiger partial charge in [-0.05, 0) is 19.1 Å². The Balaban J connectivity index is 2.15. The van der Waals surface area contributed by atoms with Crippen LogP contribution in [0.3, 0.4) is 0 Å². The first-order chi connectivity index (χ1) is 7.66. The fourth-order valence-electron chi connectivity index (χ4n) is 1.21. The molecule has 6 heteroatoms. The standard InChI is InChI=1S/C10H9N3OS2/c1-7-3-2-4-8(12-7)5-11-13-9(14)6-16-10(13)15/h2-5H,6H2,1H3/b11-5+. The number of rotatable bonds is 2. The smallest absolute Gasteiger partial charge is 0.259 e. The van der Waals surface area contributed by atoms with Crippen LogP contribution in [0.5, 0.6) is 0 Å². The Bertz CT molecular complexity index is 457. The van der Waals surface area contributed by atoms with Crippen LogP contribution >= 0.6 is 24.0 Å². The van der Waals surface area contributed by atoms with E-state index in [2.05, 4.69) is 10.1 Å². The summed E-state index contributed by atoms with van der Waals surface area (Å²) >= 11 is 6.32. The summed E-state index contributed by atoms with van der Waals surface area (Å²) in [5.41, 5.74) is 1.63. The number of amides is 1. The minimum absolute atomic E-state index is 0.0843. The van der Waals surface area contributed by atoms with Gasteiger partial charge in [0.1, 0.15) is 0 Å². The lowest BCUT2D eigenvalue weighted by Crippen LogP contribution is -2.22. The molecule has 0 aliphatic carbocycles. The Labute approximate surface area is 103 Å². The van der Waals surface area contributed by atoms with Crippen LogP contribution < -0.4 is 0 Å². The number of pyridine rings is 1. The van der Waals surface area contributed by atoms with Crippen molar-refractivity contribution in [1.29, 1.82) is 0 Å². The van der Waals surface area contributed by atoms with E-state index in [1.165, 1.54) is 16.8 Å². The quantitative estimate of drug-likeness (QED) is 0.591. The second-order valence-electron chi connectivity index (χ2n) is 3.21. The average Bonchev–Trinajstić information content (AvgIpc) is 2.56. The highest BCUT2D eigenvalue weighted by Gasteiger charge is 2.25. The van der Waals surface area contributed by atoms with Gasteiger partial charge < -0.3 is 0 Å². The van der Waals surface area contributed by atoms with Crippen LogP contribution in [0.1, 0.15) is 11.4 Å². The van der Waals surface area contributed by atoms with E-state index in [0.29, 0.717) is 15.8 Å². The van der Waals surface area contributed by atoms with Crippen molar-refractivity contribution < 1.29 is 4.79 Å². The third-order valence-electron chi connectivity index (χ3n) is 1.94. The summed E-state index contributed by atoms with van der Waals surface area (Å²) in [7, 11) is 0. The van der Waals surface area contributed by atoms with Gasteiger partial charge in [0.15, 0.2) is 4.32 Å². The van der Waals surface area contributed by atoms with E-state index in [-0.39, 0.29) is 5.91 Å². The molecule has 4 nitrogen and oxygen atoms in total. The molecule has 1 aliphatic rings. The number of thioether (sulfide) groups is 1. The number of hydrogen-bond acceptors (Lipinski definition) is 5. The predicted octanol–water partition coefficient (Wildman–Crippen LogP) is 1.58. The summed E-state index contributed by atoms with van der Waals surface area (Å²) in [6, 6.07) is 5.62. The lowest BCUT2D eigenvalue weighted by atomic mass is 10.3. The van der Waals surface area contributed by atoms with Gasteiger partial charge in [-0.1, -0.05) is 30.0 Å². The van der Waals surface area contributed by atoms with E-state index in [4.69, 9.17) is 12.2 Å². The summed E-state index contributed by atoms with van der Waals surface area (Å²) < 4.78 is 0.494. The maximum absolute atomic E-state index is 11.4. The van der Waals surface area contributed by atoms with Gasteiger partial charge in [-0.25, -0.2) is 0 Å². The number of aromatic nitrogens is 1. The SMILES string of the molecule is Cc1cccc(/C=N/N2C(=O)CSC2=S)n1. The van der Waals surface area contributed by atoms with Crippen molar-refractivity contribution >= 4 is 40.4 Å². The molecule has 0 saturated carbocycles. The van der Waals surface area contributed by atoms with Gasteiger partial charge >= 0.3 is 0 Å². The number of carbonyl (C=O) groups excluding carboxylic acids is 1. The molecule has 82 valence electrons. The molecule has 0 aromatic carbocycles. The van der Waals surface area contributed by atoms with Crippen LogP contribution in [0.4, 0.5) is 0 Å². The maximum atomic E-state index is 11.4. The summed E-state index contributed by atoms with van der Waals surface area (Å²) in [5.74, 6) is 0.288. The normalized spacial score (nSPS) is 16.4. The van der Waals surface area contributed by atoms with Crippen molar-refractivity contribution in [2.24, 2.45) is 5.10 Å². The second-order valence-corrected chi connectivity index (χ2v) is 4.82. The van der Waals surface area contributed by atoms with Crippen molar-refractivity contribution in [3.8, 4) is 0 Å². The minimum atomic E-state index is -0.0843. The Morgan fingerprint density at radius 3 is 3.06 bits per heavy atom. The van der Waals surface area contributed by atoms with E-state index in [9.17, 15) is 4.79 Å². The zero-order valence-corrected chi connectivity index (χ0v) is 10.2. The number of aryl methyl sites for hydroxylation is 1. The molecule has 2 rings (SSSR count). The Hall–Kier alpha value is -1.27. The van der Waals surface area contributed by atoms with Crippen molar-refractivity contribution in [3.63, 3.8) is 0 Å². The van der Waals surface area contributed by atoms with Crippen LogP contribution in [0, 0.1) is 6.92 Å². The summed E-state index contributed by atoms with van der Waals surface area (Å²) in [4.78, 5) is 15.6. The highest BCUT2D eigenvalue weighted by Crippen LogP contribution is 2.19. The summed E-state index contributed by atoms with van der Waals surface area (Å²) in [5, 5.41) is 5.27. The monoisotopic (exact) mass is 251 g/mol. The molecular weight excluding hydrogens is 242 g/mol. The zero-order valence-electron chi connectivity index (χ0n) is 8.58. The molecule has 1 saturated heterocycles. The molecule has 1 aromatic rings. The van der Waals surface area contributed by atoms with E-state index in [1.54, 1.807) is 6.21 Å². The molecule has 0 radical (unpaired) electrons. The number of carbonyl (C=O) groups is 1. The van der Waals surface area contributed by atoms with Crippen molar-refractivity contribution in [1.82, 2.24) is 9.99 Å². The molecule has 1 aliphatic heterocycles. The number of hydrogen-bond donors (Lipinski definition) is 0. The molecule has 1 amide bonds. The predicted molar refractivity (Wildman–Crippen MR) is 68.5 cm³/mol. The first-order valence-corrected chi connectivity index (χ1v) is 6.03. The highest BCUT2D eigenvalue weighted by atomic mass is 32.2. The zero-order chi connectivity index (χ0) is 11.5. The van der Waals surface area contributed by atoms with Gasteiger partial charge in [-0.3, -0.25) is 9.78 Å². The molecule has 1 fully saturated rings. The molecule has 0 bridgehead atoms. The average molecular weight is 251 g/mol. The van der Waals surface area contributed by atoms with Gasteiger partial charge in [0.25, 0.3) is 5.91 Å². The van der Waals surface area contributed by atoms with Gasteiger partial charge in [-0.15, -0.1) is 0 Å². The lowest BCUT2D eigenvalue weighted by molar-refractivity contribution is -0.123. The molecular formula is C10H9N3OS2. The van der Waals surface area contributed by atoms with Gasteiger partial charge in [-0.2, -0.15) is 10.1 Å². The molecule has 0 spiro atoms. The van der Waals surface area contributed by atoms with E-state index < -0.39 is 0 Å². The van der Waals surface area contributed by atoms with Crippen molar-refractivity contribution in [2.75, 3.05) is 5.75 Å². The molecule has 0 N–H and O–H groups in total. The van der Waals surface area contributed by atoms with Crippen LogP contribution in [0.15, 0.2) is 23.3 Å². The van der Waals surface area contributed by atoms with Crippen LogP contribution in [0.2, 0.25) is 0 Å². The highest BCUT2D eigenvalue weighted by molar-refractivity contribution is 8.23. The van der Waals surface area contributed by atoms with Gasteiger partial charge in [0.2, 0.25) is 0 Å². The maximum Gasteiger partial charge on any atom is 0.259 e. The summed E-state index contributed by atoms with van der Waals surface area (Å²) in [6.07, 6.45) is 1.54. The van der Waals surface area contributed by atoms with Gasteiger partial charge in [0.05, 0.1) is 17.7 Å². The Kier molecular flexibility index (Phi) is 3.31. The topological polar surface area (TPSA) is 45.6 Å². The number of thiocarbonyl (C=S) groups is 1. The third-order valence-corrected chi connectivity index (χ3v) is 3.28. The van der Waals surface area contributed by atoms with Crippen LogP contribution in [0.25, 0.3) is 0 Å². The van der Waals surface area contributed by atoms with E-state index in [0.717, 1.165) is 5.69 Å². The largest absolute Gasteiger partial charge is 0.272 e. The first kappa shape index (κ1) is 11.2. The Morgan fingerprint density at radius 1 is 1.62 bits per heavy atom. The third kappa shape index (κ3) is 2.45. The summed E-state index contributed by atoms with van der Waals surface area (Å²) in [6.45, 7) is 1.90. The fraction of sp³-hybridized carbons (Fsp3) is 0.200. The van der Waals surface area contributed by atoms with Crippen molar-refractivity contribution in [3.05, 3.63) is 29.6 Å². The first-order valence-electron chi connectivity index (χ1n) is 4.64. The van der Waals surface area contributed by atoms with E-state index in [1.807, 2.05) is 25.1 Å². The molecule has 0 atom stereocenters.